The van der Waals surface area contributed by atoms with Crippen LogP contribution in [-0.4, -0.2) is 43.7 Å². The third kappa shape index (κ3) is 2.44. The van der Waals surface area contributed by atoms with E-state index in [1.165, 1.54) is 29.8 Å². The number of benzene rings is 1. The molecule has 2 heterocycles. The normalized spacial score (nSPS) is 22.8. The van der Waals surface area contributed by atoms with Gasteiger partial charge in [0.2, 0.25) is 0 Å². The van der Waals surface area contributed by atoms with Gasteiger partial charge in [0.1, 0.15) is 0 Å². The number of rotatable bonds is 1. The fraction of sp³-hybridized carbons (Fsp3) is 0.625. The Morgan fingerprint density at radius 1 is 1.21 bits per heavy atom. The molecule has 0 aromatic heterocycles. The second-order valence-electron chi connectivity index (χ2n) is 6.53. The van der Waals surface area contributed by atoms with Crippen LogP contribution in [0.25, 0.3) is 0 Å². The summed E-state index contributed by atoms with van der Waals surface area (Å²) >= 11 is 0. The Labute approximate surface area is 116 Å². The molecule has 0 spiro atoms. The lowest BCUT2D eigenvalue weighted by Gasteiger charge is -2.46. The molecule has 1 N–H and O–H groups in total. The predicted molar refractivity (Wildman–Crippen MR) is 82.2 cm³/mol. The van der Waals surface area contributed by atoms with Crippen molar-refractivity contribution < 1.29 is 0 Å². The van der Waals surface area contributed by atoms with E-state index in [0.29, 0.717) is 0 Å². The average Bonchev–Trinajstić information content (AvgIpc) is 2.41. The average molecular weight is 259 g/mol. The molecule has 0 atom stereocenters. The fourth-order valence-corrected chi connectivity index (χ4v) is 3.11. The molecule has 2 aliphatic heterocycles. The SMILES string of the molecule is CN1CCN(c2ccc3c(c2)NCCC3)CC1(C)C. The number of aryl methyl sites for hydroxylation is 1. The topological polar surface area (TPSA) is 18.5 Å². The van der Waals surface area contributed by atoms with Gasteiger partial charge in [0.15, 0.2) is 0 Å². The summed E-state index contributed by atoms with van der Waals surface area (Å²) in [6.07, 6.45) is 2.48. The second-order valence-corrected chi connectivity index (χ2v) is 6.53. The minimum absolute atomic E-state index is 0.252. The van der Waals surface area contributed by atoms with E-state index in [0.717, 1.165) is 26.2 Å². The maximum atomic E-state index is 3.53. The summed E-state index contributed by atoms with van der Waals surface area (Å²) in [7, 11) is 2.23. The molecule has 1 aromatic carbocycles. The minimum atomic E-state index is 0.252. The third-order valence-electron chi connectivity index (χ3n) is 4.71. The van der Waals surface area contributed by atoms with Crippen LogP contribution in [0.2, 0.25) is 0 Å². The smallest absolute Gasteiger partial charge is 0.0393 e. The summed E-state index contributed by atoms with van der Waals surface area (Å²) in [5.41, 5.74) is 4.44. The van der Waals surface area contributed by atoms with Crippen molar-refractivity contribution in [3.63, 3.8) is 0 Å². The Balaban J connectivity index is 1.83. The standard InChI is InChI=1S/C16H25N3/c1-16(2)12-19(10-9-18(16)3)14-7-6-13-5-4-8-17-15(13)11-14/h6-7,11,17H,4-5,8-10,12H2,1-3H3. The molecule has 1 fully saturated rings. The van der Waals surface area contributed by atoms with Gasteiger partial charge in [0, 0.05) is 43.1 Å². The maximum absolute atomic E-state index is 3.53. The molecule has 0 amide bonds. The Morgan fingerprint density at radius 3 is 2.84 bits per heavy atom. The van der Waals surface area contributed by atoms with Crippen molar-refractivity contribution in [1.82, 2.24) is 4.90 Å². The van der Waals surface area contributed by atoms with E-state index in [-0.39, 0.29) is 5.54 Å². The number of piperazine rings is 1. The predicted octanol–water partition coefficient (Wildman–Crippen LogP) is 2.58. The molecule has 0 bridgehead atoms. The Kier molecular flexibility index (Phi) is 3.17. The number of likely N-dealkylation sites (N-methyl/N-ethyl adjacent to an activating group) is 1. The van der Waals surface area contributed by atoms with Gasteiger partial charge in [-0.1, -0.05) is 6.07 Å². The number of fused-ring (bicyclic) bond motifs is 1. The molecule has 19 heavy (non-hydrogen) atoms. The lowest BCUT2D eigenvalue weighted by molar-refractivity contribution is 0.139. The molecule has 3 heteroatoms. The summed E-state index contributed by atoms with van der Waals surface area (Å²) in [6, 6.07) is 6.95. The Morgan fingerprint density at radius 2 is 2.05 bits per heavy atom. The summed E-state index contributed by atoms with van der Waals surface area (Å²) in [6.45, 7) is 9.13. The highest BCUT2D eigenvalue weighted by Crippen LogP contribution is 2.30. The Hall–Kier alpha value is -1.22. The van der Waals surface area contributed by atoms with Crippen molar-refractivity contribution in [2.24, 2.45) is 0 Å². The third-order valence-corrected chi connectivity index (χ3v) is 4.71. The van der Waals surface area contributed by atoms with E-state index in [1.54, 1.807) is 0 Å². The lowest BCUT2D eigenvalue weighted by atomic mass is 9.98. The van der Waals surface area contributed by atoms with Gasteiger partial charge in [-0.2, -0.15) is 0 Å². The quantitative estimate of drug-likeness (QED) is 0.836. The molecule has 2 aliphatic rings. The van der Waals surface area contributed by atoms with E-state index in [9.17, 15) is 0 Å². The molecular weight excluding hydrogens is 234 g/mol. The van der Waals surface area contributed by atoms with Gasteiger partial charge in [-0.15, -0.1) is 0 Å². The van der Waals surface area contributed by atoms with Gasteiger partial charge in [-0.25, -0.2) is 0 Å². The molecule has 3 rings (SSSR count). The largest absolute Gasteiger partial charge is 0.385 e. The van der Waals surface area contributed by atoms with Crippen LogP contribution in [0.15, 0.2) is 18.2 Å². The molecule has 0 saturated carbocycles. The van der Waals surface area contributed by atoms with Crippen LogP contribution in [0.1, 0.15) is 25.8 Å². The first-order valence-electron chi connectivity index (χ1n) is 7.39. The zero-order chi connectivity index (χ0) is 13.5. The molecule has 0 aliphatic carbocycles. The molecule has 0 radical (unpaired) electrons. The van der Waals surface area contributed by atoms with Crippen molar-refractivity contribution in [3.8, 4) is 0 Å². The van der Waals surface area contributed by atoms with Crippen LogP contribution in [0, 0.1) is 0 Å². The molecular formula is C16H25N3. The van der Waals surface area contributed by atoms with Crippen molar-refractivity contribution in [2.45, 2.75) is 32.2 Å². The first kappa shape index (κ1) is 12.8. The summed E-state index contributed by atoms with van der Waals surface area (Å²) in [4.78, 5) is 4.98. The van der Waals surface area contributed by atoms with Gasteiger partial charge in [-0.3, -0.25) is 4.90 Å². The van der Waals surface area contributed by atoms with E-state index in [2.05, 4.69) is 54.2 Å². The fourth-order valence-electron chi connectivity index (χ4n) is 3.11. The van der Waals surface area contributed by atoms with Crippen LogP contribution >= 0.6 is 0 Å². The van der Waals surface area contributed by atoms with Crippen LogP contribution in [0.5, 0.6) is 0 Å². The van der Waals surface area contributed by atoms with E-state index in [4.69, 9.17) is 0 Å². The van der Waals surface area contributed by atoms with E-state index < -0.39 is 0 Å². The first-order chi connectivity index (χ1) is 9.06. The van der Waals surface area contributed by atoms with Crippen LogP contribution < -0.4 is 10.2 Å². The minimum Gasteiger partial charge on any atom is -0.385 e. The number of hydrogen-bond acceptors (Lipinski definition) is 3. The molecule has 104 valence electrons. The van der Waals surface area contributed by atoms with Gasteiger partial charge in [0.05, 0.1) is 0 Å². The van der Waals surface area contributed by atoms with Crippen molar-refractivity contribution in [3.05, 3.63) is 23.8 Å². The van der Waals surface area contributed by atoms with Gasteiger partial charge in [0.25, 0.3) is 0 Å². The van der Waals surface area contributed by atoms with Crippen LogP contribution in [-0.2, 0) is 6.42 Å². The summed E-state index contributed by atoms with van der Waals surface area (Å²) in [5.74, 6) is 0. The highest BCUT2D eigenvalue weighted by atomic mass is 15.3. The monoisotopic (exact) mass is 259 g/mol. The molecule has 1 aromatic rings. The highest BCUT2D eigenvalue weighted by molar-refractivity contribution is 5.63. The number of nitrogens with zero attached hydrogens (tertiary/aromatic N) is 2. The molecule has 1 saturated heterocycles. The lowest BCUT2D eigenvalue weighted by Crippen LogP contribution is -2.57. The number of nitrogens with one attached hydrogen (secondary N) is 1. The van der Waals surface area contributed by atoms with E-state index in [1.807, 2.05) is 0 Å². The van der Waals surface area contributed by atoms with Gasteiger partial charge >= 0.3 is 0 Å². The van der Waals surface area contributed by atoms with Crippen molar-refractivity contribution in [1.29, 1.82) is 0 Å². The van der Waals surface area contributed by atoms with Gasteiger partial charge in [-0.05, 0) is 51.4 Å². The molecule has 3 nitrogen and oxygen atoms in total. The number of hydrogen-bond donors (Lipinski definition) is 1. The highest BCUT2D eigenvalue weighted by Gasteiger charge is 2.31. The zero-order valence-electron chi connectivity index (χ0n) is 12.4. The second kappa shape index (κ2) is 4.71. The zero-order valence-corrected chi connectivity index (χ0v) is 12.4. The van der Waals surface area contributed by atoms with Gasteiger partial charge < -0.3 is 10.2 Å². The molecule has 0 unspecified atom stereocenters. The Bertz CT molecular complexity index is 467. The van der Waals surface area contributed by atoms with E-state index >= 15 is 0 Å². The summed E-state index contributed by atoms with van der Waals surface area (Å²) < 4.78 is 0. The maximum Gasteiger partial charge on any atom is 0.0393 e. The van der Waals surface area contributed by atoms with Crippen LogP contribution in [0.3, 0.4) is 0 Å². The van der Waals surface area contributed by atoms with Crippen LogP contribution in [0.4, 0.5) is 11.4 Å². The van der Waals surface area contributed by atoms with Crippen molar-refractivity contribution in [2.75, 3.05) is 43.4 Å². The summed E-state index contributed by atoms with van der Waals surface area (Å²) in [5, 5.41) is 3.53. The number of anilines is 2. The first-order valence-corrected chi connectivity index (χ1v) is 7.39. The van der Waals surface area contributed by atoms with Crippen molar-refractivity contribution >= 4 is 11.4 Å².